The first-order valence-electron chi connectivity index (χ1n) is 7.81. The number of halogens is 1. The van der Waals surface area contributed by atoms with Gasteiger partial charge in [-0.25, -0.2) is 0 Å². The summed E-state index contributed by atoms with van der Waals surface area (Å²) in [4.78, 5) is 27.4. The van der Waals surface area contributed by atoms with Crippen molar-refractivity contribution in [3.8, 4) is 5.69 Å². The zero-order chi connectivity index (χ0) is 16.0. The Balaban J connectivity index is 0.00000169. The zero-order valence-corrected chi connectivity index (χ0v) is 13.9. The number of anilines is 1. The molecule has 5 nitrogen and oxygen atoms in total. The predicted octanol–water partition coefficient (Wildman–Crippen LogP) is 2.56. The number of aryl methyl sites for hydroxylation is 2. The van der Waals surface area contributed by atoms with Crippen LogP contribution in [0.2, 0.25) is 0 Å². The van der Waals surface area contributed by atoms with Crippen molar-refractivity contribution in [3.63, 3.8) is 0 Å². The van der Waals surface area contributed by atoms with Crippen LogP contribution in [0.4, 0.5) is 5.69 Å². The van der Waals surface area contributed by atoms with Crippen LogP contribution in [-0.2, 0) is 12.8 Å². The van der Waals surface area contributed by atoms with Gasteiger partial charge in [0.25, 0.3) is 0 Å². The van der Waals surface area contributed by atoms with E-state index >= 15 is 0 Å². The molecule has 0 spiro atoms. The van der Waals surface area contributed by atoms with Crippen molar-refractivity contribution in [1.82, 2.24) is 9.55 Å². The topological polar surface area (TPSA) is 80.9 Å². The van der Waals surface area contributed by atoms with Gasteiger partial charge in [0.1, 0.15) is 0 Å². The van der Waals surface area contributed by atoms with Crippen molar-refractivity contribution in [3.05, 3.63) is 68.2 Å². The molecule has 6 heteroatoms. The number of H-pyrrole nitrogens is 1. The SMILES string of the molecule is Cl.Nc1cccc(-n2c(=O)c(=O)[nH]c3c4c(ccc32)CCCC4)c1. The first-order valence-corrected chi connectivity index (χ1v) is 7.81. The molecule has 1 heterocycles. The summed E-state index contributed by atoms with van der Waals surface area (Å²) in [5.74, 6) is 0. The van der Waals surface area contributed by atoms with E-state index in [1.54, 1.807) is 24.3 Å². The molecular formula is C18H18ClN3O2. The van der Waals surface area contributed by atoms with E-state index in [1.165, 1.54) is 10.1 Å². The molecule has 0 unspecified atom stereocenters. The summed E-state index contributed by atoms with van der Waals surface area (Å²) in [6, 6.07) is 11.0. The average molecular weight is 344 g/mol. The Morgan fingerprint density at radius 1 is 1.04 bits per heavy atom. The Hall–Kier alpha value is -2.53. The van der Waals surface area contributed by atoms with Crippen molar-refractivity contribution >= 4 is 29.1 Å². The highest BCUT2D eigenvalue weighted by atomic mass is 35.5. The number of nitrogen functional groups attached to an aromatic ring is 1. The van der Waals surface area contributed by atoms with Crippen molar-refractivity contribution in [1.29, 1.82) is 0 Å². The van der Waals surface area contributed by atoms with E-state index in [2.05, 4.69) is 11.1 Å². The molecule has 1 aliphatic rings. The largest absolute Gasteiger partial charge is 0.399 e. The predicted molar refractivity (Wildman–Crippen MR) is 98.5 cm³/mol. The second kappa shape index (κ2) is 6.17. The summed E-state index contributed by atoms with van der Waals surface area (Å²) in [7, 11) is 0. The highest BCUT2D eigenvalue weighted by molar-refractivity contribution is 5.85. The molecule has 3 N–H and O–H groups in total. The fourth-order valence-corrected chi connectivity index (χ4v) is 3.44. The van der Waals surface area contributed by atoms with Gasteiger partial charge in [-0.1, -0.05) is 12.1 Å². The maximum Gasteiger partial charge on any atom is 0.321 e. The molecule has 1 aliphatic carbocycles. The minimum absolute atomic E-state index is 0. The van der Waals surface area contributed by atoms with Crippen LogP contribution in [0.5, 0.6) is 0 Å². The van der Waals surface area contributed by atoms with Gasteiger partial charge in [0.2, 0.25) is 0 Å². The lowest BCUT2D eigenvalue weighted by molar-refractivity contribution is 0.688. The molecule has 0 amide bonds. The molecule has 0 fully saturated rings. The first-order chi connectivity index (χ1) is 11.1. The van der Waals surface area contributed by atoms with Crippen LogP contribution in [0.3, 0.4) is 0 Å². The van der Waals surface area contributed by atoms with Crippen LogP contribution in [0, 0.1) is 0 Å². The number of hydrogen-bond acceptors (Lipinski definition) is 3. The van der Waals surface area contributed by atoms with Crippen LogP contribution in [-0.4, -0.2) is 9.55 Å². The quantitative estimate of drug-likeness (QED) is 0.526. The number of fused-ring (bicyclic) bond motifs is 3. The lowest BCUT2D eigenvalue weighted by Gasteiger charge is -2.19. The second-order valence-electron chi connectivity index (χ2n) is 5.99. The average Bonchev–Trinajstić information content (AvgIpc) is 2.56. The van der Waals surface area contributed by atoms with E-state index in [0.717, 1.165) is 42.3 Å². The second-order valence-corrected chi connectivity index (χ2v) is 5.99. The highest BCUT2D eigenvalue weighted by Gasteiger charge is 2.17. The molecule has 0 saturated heterocycles. The molecule has 2 aromatic carbocycles. The number of nitrogens with one attached hydrogen (secondary N) is 1. The molecule has 24 heavy (non-hydrogen) atoms. The minimum Gasteiger partial charge on any atom is -0.399 e. The third-order valence-electron chi connectivity index (χ3n) is 4.52. The van der Waals surface area contributed by atoms with Crippen molar-refractivity contribution < 1.29 is 0 Å². The van der Waals surface area contributed by atoms with E-state index in [9.17, 15) is 9.59 Å². The Morgan fingerprint density at radius 2 is 1.83 bits per heavy atom. The molecule has 124 valence electrons. The van der Waals surface area contributed by atoms with Gasteiger partial charge >= 0.3 is 11.1 Å². The molecule has 0 atom stereocenters. The standard InChI is InChI=1S/C18H17N3O2.ClH/c19-12-5-3-6-13(10-12)21-15-9-8-11-4-1-2-7-14(11)16(15)20-17(22)18(21)23;/h3,5-6,8-10H,1-2,4,7,19H2,(H,20,22);1H. The molecule has 0 aliphatic heterocycles. The Kier molecular flexibility index (Phi) is 4.20. The maximum absolute atomic E-state index is 12.4. The lowest BCUT2D eigenvalue weighted by Crippen LogP contribution is -2.36. The van der Waals surface area contributed by atoms with Crippen LogP contribution < -0.4 is 16.9 Å². The highest BCUT2D eigenvalue weighted by Crippen LogP contribution is 2.27. The van der Waals surface area contributed by atoms with E-state index in [4.69, 9.17) is 5.73 Å². The number of hydrogen-bond donors (Lipinski definition) is 2. The van der Waals surface area contributed by atoms with Gasteiger partial charge in [0.05, 0.1) is 16.7 Å². The smallest absolute Gasteiger partial charge is 0.321 e. The van der Waals surface area contributed by atoms with Crippen LogP contribution in [0.25, 0.3) is 16.7 Å². The molecule has 3 aromatic rings. The van der Waals surface area contributed by atoms with Crippen LogP contribution in [0.15, 0.2) is 46.0 Å². The zero-order valence-electron chi connectivity index (χ0n) is 13.0. The Labute approximate surface area is 144 Å². The third-order valence-corrected chi connectivity index (χ3v) is 4.52. The molecule has 0 saturated carbocycles. The Bertz CT molecular complexity index is 1040. The summed E-state index contributed by atoms with van der Waals surface area (Å²) in [6.07, 6.45) is 4.21. The van der Waals surface area contributed by atoms with Gasteiger partial charge < -0.3 is 10.7 Å². The normalized spacial score (nSPS) is 13.3. The van der Waals surface area contributed by atoms with Gasteiger partial charge in [-0.15, -0.1) is 12.4 Å². The van der Waals surface area contributed by atoms with Gasteiger partial charge in [-0.3, -0.25) is 14.2 Å². The van der Waals surface area contributed by atoms with E-state index in [-0.39, 0.29) is 12.4 Å². The molecule has 4 rings (SSSR count). The fraction of sp³-hybridized carbons (Fsp3) is 0.222. The van der Waals surface area contributed by atoms with E-state index < -0.39 is 11.1 Å². The molecule has 0 radical (unpaired) electrons. The number of nitrogens with two attached hydrogens (primary N) is 1. The minimum atomic E-state index is -0.598. The van der Waals surface area contributed by atoms with Crippen molar-refractivity contribution in [2.24, 2.45) is 0 Å². The fourth-order valence-electron chi connectivity index (χ4n) is 3.44. The summed E-state index contributed by atoms with van der Waals surface area (Å²) in [5, 5.41) is 0. The first kappa shape index (κ1) is 16.3. The lowest BCUT2D eigenvalue weighted by atomic mass is 9.90. The van der Waals surface area contributed by atoms with Gasteiger partial charge in [-0.2, -0.15) is 0 Å². The summed E-state index contributed by atoms with van der Waals surface area (Å²) < 4.78 is 1.46. The number of aromatic amines is 1. The number of nitrogens with zero attached hydrogens (tertiary/aromatic N) is 1. The number of rotatable bonds is 1. The summed E-state index contributed by atoms with van der Waals surface area (Å²) in [6.45, 7) is 0. The number of aromatic nitrogens is 2. The van der Waals surface area contributed by atoms with Crippen LogP contribution in [0.1, 0.15) is 24.0 Å². The Morgan fingerprint density at radius 3 is 2.62 bits per heavy atom. The number of benzene rings is 2. The summed E-state index contributed by atoms with van der Waals surface area (Å²) >= 11 is 0. The third kappa shape index (κ3) is 2.51. The van der Waals surface area contributed by atoms with Crippen molar-refractivity contribution in [2.45, 2.75) is 25.7 Å². The maximum atomic E-state index is 12.4. The van der Waals surface area contributed by atoms with E-state index in [0.29, 0.717) is 11.4 Å². The molecular weight excluding hydrogens is 326 g/mol. The molecule has 1 aromatic heterocycles. The van der Waals surface area contributed by atoms with Gasteiger partial charge in [0, 0.05) is 5.69 Å². The summed E-state index contributed by atoms with van der Waals surface area (Å²) in [5.41, 5.74) is 9.74. The molecule has 0 bridgehead atoms. The monoisotopic (exact) mass is 343 g/mol. The van der Waals surface area contributed by atoms with Crippen molar-refractivity contribution in [2.75, 3.05) is 5.73 Å². The van der Waals surface area contributed by atoms with Gasteiger partial charge in [-0.05, 0) is 61.1 Å². The van der Waals surface area contributed by atoms with Gasteiger partial charge in [0.15, 0.2) is 0 Å². The van der Waals surface area contributed by atoms with E-state index in [1.807, 2.05) is 6.07 Å². The van der Waals surface area contributed by atoms with Crippen LogP contribution >= 0.6 is 12.4 Å².